The molecule has 27 heavy (non-hydrogen) atoms. The molecule has 0 bridgehead atoms. The van der Waals surface area contributed by atoms with Gasteiger partial charge in [-0.15, -0.1) is 0 Å². The van der Waals surface area contributed by atoms with Crippen LogP contribution in [0, 0.1) is 0 Å². The normalized spacial score (nSPS) is 13.6. The van der Waals surface area contributed by atoms with Gasteiger partial charge in [0.2, 0.25) is 5.91 Å². The van der Waals surface area contributed by atoms with Gasteiger partial charge in [-0.2, -0.15) is 0 Å². The van der Waals surface area contributed by atoms with Crippen molar-refractivity contribution in [3.8, 4) is 11.5 Å². The molecule has 1 N–H and O–H groups in total. The Balaban J connectivity index is 1.51. The van der Waals surface area contributed by atoms with E-state index in [2.05, 4.69) is 17.4 Å². The van der Waals surface area contributed by atoms with E-state index in [1.54, 1.807) is 14.2 Å². The molecule has 0 aliphatic carbocycles. The minimum atomic E-state index is 0.210. The van der Waals surface area contributed by atoms with Crippen LogP contribution in [0.3, 0.4) is 0 Å². The van der Waals surface area contributed by atoms with E-state index in [0.717, 1.165) is 44.0 Å². The van der Waals surface area contributed by atoms with Crippen LogP contribution in [0.15, 0.2) is 42.5 Å². The molecule has 0 atom stereocenters. The van der Waals surface area contributed by atoms with Crippen LogP contribution < -0.4 is 14.8 Å². The minimum Gasteiger partial charge on any atom is -0.493 e. The van der Waals surface area contributed by atoms with E-state index in [4.69, 9.17) is 9.47 Å². The molecule has 0 saturated carbocycles. The third-order valence-corrected chi connectivity index (χ3v) is 5.05. The third kappa shape index (κ3) is 5.01. The van der Waals surface area contributed by atoms with E-state index >= 15 is 0 Å². The molecular weight excluding hydrogens is 340 g/mol. The molecule has 0 spiro atoms. The zero-order chi connectivity index (χ0) is 19.1. The molecule has 5 nitrogen and oxygen atoms in total. The summed E-state index contributed by atoms with van der Waals surface area (Å²) in [7, 11) is 3.30. The van der Waals surface area contributed by atoms with Gasteiger partial charge in [-0.05, 0) is 41.7 Å². The second-order valence-electron chi connectivity index (χ2n) is 6.77. The fraction of sp³-hybridized carbons (Fsp3) is 0.409. The summed E-state index contributed by atoms with van der Waals surface area (Å²) in [4.78, 5) is 14.6. The van der Waals surface area contributed by atoms with Crippen LogP contribution in [0.4, 0.5) is 0 Å². The van der Waals surface area contributed by atoms with Crippen LogP contribution in [-0.4, -0.2) is 44.7 Å². The highest BCUT2D eigenvalue weighted by Crippen LogP contribution is 2.32. The van der Waals surface area contributed by atoms with Gasteiger partial charge in [0.15, 0.2) is 11.5 Å². The molecule has 3 rings (SSSR count). The predicted molar refractivity (Wildman–Crippen MR) is 106 cm³/mol. The van der Waals surface area contributed by atoms with Crippen LogP contribution in [0.25, 0.3) is 0 Å². The topological polar surface area (TPSA) is 50.8 Å². The first-order chi connectivity index (χ1) is 13.2. The Labute approximate surface area is 161 Å². The molecule has 0 radical (unpaired) electrons. The number of rotatable bonds is 7. The maximum atomic E-state index is 12.6. The number of hydrogen-bond donors (Lipinski definition) is 1. The molecule has 1 aliphatic rings. The summed E-state index contributed by atoms with van der Waals surface area (Å²) in [5.74, 6) is 1.71. The van der Waals surface area contributed by atoms with E-state index in [1.165, 1.54) is 16.7 Å². The summed E-state index contributed by atoms with van der Waals surface area (Å²) in [6.07, 6.45) is 2.22. The van der Waals surface area contributed by atoms with E-state index in [-0.39, 0.29) is 5.91 Å². The van der Waals surface area contributed by atoms with Crippen LogP contribution >= 0.6 is 0 Å². The molecule has 0 fully saturated rings. The maximum absolute atomic E-state index is 12.6. The average molecular weight is 368 g/mol. The lowest BCUT2D eigenvalue weighted by Crippen LogP contribution is -2.35. The van der Waals surface area contributed by atoms with Crippen LogP contribution in [0.1, 0.15) is 23.1 Å². The number of hydrogen-bond acceptors (Lipinski definition) is 4. The summed E-state index contributed by atoms with van der Waals surface area (Å²) in [6, 6.07) is 14.3. The monoisotopic (exact) mass is 368 g/mol. The Bertz CT molecular complexity index is 727. The van der Waals surface area contributed by atoms with Crippen molar-refractivity contribution >= 4 is 5.91 Å². The van der Waals surface area contributed by atoms with Gasteiger partial charge in [0, 0.05) is 32.6 Å². The molecule has 0 saturated heterocycles. The van der Waals surface area contributed by atoms with E-state index < -0.39 is 0 Å². The molecule has 0 aromatic heterocycles. The summed E-state index contributed by atoms with van der Waals surface area (Å²) in [6.45, 7) is 2.98. The fourth-order valence-electron chi connectivity index (χ4n) is 3.48. The Kier molecular flexibility index (Phi) is 6.71. The number of nitrogens with zero attached hydrogens (tertiary/aromatic N) is 1. The van der Waals surface area contributed by atoms with Crippen LogP contribution in [0.5, 0.6) is 11.5 Å². The van der Waals surface area contributed by atoms with Crippen molar-refractivity contribution in [2.75, 3.05) is 33.9 Å². The molecule has 1 aliphatic heterocycles. The third-order valence-electron chi connectivity index (χ3n) is 5.05. The van der Waals surface area contributed by atoms with Crippen molar-refractivity contribution < 1.29 is 14.3 Å². The Morgan fingerprint density at radius 3 is 2.15 bits per heavy atom. The second-order valence-corrected chi connectivity index (χ2v) is 6.77. The lowest BCUT2D eigenvalue weighted by molar-refractivity contribution is -0.131. The van der Waals surface area contributed by atoms with Gasteiger partial charge in [0.25, 0.3) is 0 Å². The molecular formula is C22H28N2O3. The van der Waals surface area contributed by atoms with Gasteiger partial charge < -0.3 is 19.7 Å². The first-order valence-electron chi connectivity index (χ1n) is 9.47. The number of carbonyl (C=O) groups excluding carboxylic acids is 1. The van der Waals surface area contributed by atoms with Gasteiger partial charge in [0.1, 0.15) is 0 Å². The Morgan fingerprint density at radius 2 is 1.59 bits per heavy atom. The zero-order valence-corrected chi connectivity index (χ0v) is 16.2. The maximum Gasteiger partial charge on any atom is 0.223 e. The van der Waals surface area contributed by atoms with Crippen molar-refractivity contribution in [3.63, 3.8) is 0 Å². The van der Waals surface area contributed by atoms with Crippen molar-refractivity contribution in [1.29, 1.82) is 0 Å². The number of methoxy groups -OCH3 is 2. The summed E-state index contributed by atoms with van der Waals surface area (Å²) in [5, 5.41) is 3.35. The number of benzene rings is 2. The first kappa shape index (κ1) is 19.2. The lowest BCUT2D eigenvalue weighted by Gasteiger charge is -2.20. The quantitative estimate of drug-likeness (QED) is 0.764. The molecule has 0 unspecified atom stereocenters. The van der Waals surface area contributed by atoms with Crippen molar-refractivity contribution in [2.24, 2.45) is 0 Å². The highest BCUT2D eigenvalue weighted by Gasteiger charge is 2.20. The largest absolute Gasteiger partial charge is 0.493 e. The number of ether oxygens (including phenoxy) is 2. The van der Waals surface area contributed by atoms with Gasteiger partial charge in [-0.3, -0.25) is 4.79 Å². The smallest absolute Gasteiger partial charge is 0.223 e. The van der Waals surface area contributed by atoms with Gasteiger partial charge >= 0.3 is 0 Å². The molecule has 144 valence electrons. The van der Waals surface area contributed by atoms with Gasteiger partial charge in [-0.1, -0.05) is 30.3 Å². The van der Waals surface area contributed by atoms with Crippen molar-refractivity contribution in [2.45, 2.75) is 25.8 Å². The summed E-state index contributed by atoms with van der Waals surface area (Å²) in [5.41, 5.74) is 3.72. The zero-order valence-electron chi connectivity index (χ0n) is 16.2. The number of nitrogens with one attached hydrogen (secondary N) is 1. The number of fused-ring (bicyclic) bond motifs is 1. The molecule has 2 aromatic rings. The fourth-order valence-corrected chi connectivity index (χ4v) is 3.48. The molecule has 1 amide bonds. The molecule has 5 heteroatoms. The average Bonchev–Trinajstić information content (AvgIpc) is 2.92. The Hall–Kier alpha value is -2.53. The van der Waals surface area contributed by atoms with E-state index in [9.17, 15) is 4.79 Å². The highest BCUT2D eigenvalue weighted by molar-refractivity contribution is 5.76. The second kappa shape index (κ2) is 9.42. The predicted octanol–water partition coefficient (Wildman–Crippen LogP) is 2.81. The SMILES string of the molecule is COc1cc2c(cc1OC)CCN(C(=O)CCNCc1ccccc1)CC2. The molecule has 2 aromatic carbocycles. The van der Waals surface area contributed by atoms with Gasteiger partial charge in [-0.25, -0.2) is 0 Å². The van der Waals surface area contributed by atoms with Crippen molar-refractivity contribution in [1.82, 2.24) is 10.2 Å². The van der Waals surface area contributed by atoms with Crippen molar-refractivity contribution in [3.05, 3.63) is 59.2 Å². The summed E-state index contributed by atoms with van der Waals surface area (Å²) < 4.78 is 10.8. The standard InChI is InChI=1S/C22H28N2O3/c1-26-20-14-18-9-12-24(13-10-19(18)15-21(20)27-2)22(25)8-11-23-16-17-6-4-3-5-7-17/h3-7,14-15,23H,8-13,16H2,1-2H3. The van der Waals surface area contributed by atoms with Gasteiger partial charge in [0.05, 0.1) is 14.2 Å². The number of carbonyl (C=O) groups is 1. The summed E-state index contributed by atoms with van der Waals surface area (Å²) >= 11 is 0. The minimum absolute atomic E-state index is 0.210. The van der Waals surface area contributed by atoms with E-state index in [1.807, 2.05) is 35.2 Å². The number of amides is 1. The van der Waals surface area contributed by atoms with Crippen LogP contribution in [0.2, 0.25) is 0 Å². The Morgan fingerprint density at radius 1 is 1.00 bits per heavy atom. The van der Waals surface area contributed by atoms with Crippen LogP contribution in [-0.2, 0) is 24.2 Å². The van der Waals surface area contributed by atoms with E-state index in [0.29, 0.717) is 13.0 Å². The molecule has 1 heterocycles. The highest BCUT2D eigenvalue weighted by atomic mass is 16.5. The lowest BCUT2D eigenvalue weighted by atomic mass is 10.0. The first-order valence-corrected chi connectivity index (χ1v) is 9.47.